The SMILES string of the molecule is CC(C)(C)CC(Cl)CNC(=O)CCCc1cccs1. The topological polar surface area (TPSA) is 29.1 Å². The summed E-state index contributed by atoms with van der Waals surface area (Å²) in [5, 5.41) is 5.00. The van der Waals surface area contributed by atoms with E-state index in [0.717, 1.165) is 19.3 Å². The quantitative estimate of drug-likeness (QED) is 0.750. The minimum atomic E-state index is 0.0150. The van der Waals surface area contributed by atoms with E-state index >= 15 is 0 Å². The number of nitrogens with one attached hydrogen (secondary N) is 1. The Kier molecular flexibility index (Phi) is 6.87. The molecule has 0 aromatic carbocycles. The second-order valence-electron chi connectivity index (χ2n) is 6.10. The minimum absolute atomic E-state index is 0.0150. The molecule has 0 radical (unpaired) electrons. The number of thiophene rings is 1. The highest BCUT2D eigenvalue weighted by Crippen LogP contribution is 2.23. The molecule has 0 saturated carbocycles. The number of carbonyl (C=O) groups excluding carboxylic acids is 1. The summed E-state index contributed by atoms with van der Waals surface area (Å²) in [5.74, 6) is 0.108. The molecule has 4 heteroatoms. The number of alkyl halides is 1. The summed E-state index contributed by atoms with van der Waals surface area (Å²) in [4.78, 5) is 13.0. The summed E-state index contributed by atoms with van der Waals surface area (Å²) in [6.45, 7) is 7.04. The summed E-state index contributed by atoms with van der Waals surface area (Å²) in [6, 6.07) is 4.16. The van der Waals surface area contributed by atoms with E-state index in [1.165, 1.54) is 4.88 Å². The van der Waals surface area contributed by atoms with Gasteiger partial charge in [-0.25, -0.2) is 0 Å². The number of hydrogen-bond donors (Lipinski definition) is 1. The Morgan fingerprint density at radius 1 is 1.47 bits per heavy atom. The third-order valence-corrected chi connectivity index (χ3v) is 4.01. The van der Waals surface area contributed by atoms with Gasteiger partial charge < -0.3 is 5.32 Å². The van der Waals surface area contributed by atoms with Crippen LogP contribution in [-0.2, 0) is 11.2 Å². The molecule has 1 aromatic heterocycles. The third-order valence-electron chi connectivity index (χ3n) is 2.76. The number of hydrogen-bond acceptors (Lipinski definition) is 2. The van der Waals surface area contributed by atoms with E-state index in [1.54, 1.807) is 11.3 Å². The number of amides is 1. The fraction of sp³-hybridized carbons (Fsp3) is 0.667. The summed E-state index contributed by atoms with van der Waals surface area (Å²) in [7, 11) is 0. The van der Waals surface area contributed by atoms with Gasteiger partial charge in [-0.3, -0.25) is 4.79 Å². The molecule has 0 aliphatic heterocycles. The van der Waals surface area contributed by atoms with Gasteiger partial charge in [0.25, 0.3) is 0 Å². The molecule has 0 fully saturated rings. The Hall–Kier alpha value is -0.540. The Balaban J connectivity index is 2.11. The van der Waals surface area contributed by atoms with Crippen molar-refractivity contribution < 1.29 is 4.79 Å². The Morgan fingerprint density at radius 2 is 2.21 bits per heavy atom. The number of rotatable bonds is 7. The Labute approximate surface area is 125 Å². The van der Waals surface area contributed by atoms with E-state index in [1.807, 2.05) is 6.07 Å². The van der Waals surface area contributed by atoms with Gasteiger partial charge in [0.05, 0.1) is 5.38 Å². The van der Waals surface area contributed by atoms with Crippen LogP contribution < -0.4 is 5.32 Å². The maximum Gasteiger partial charge on any atom is 0.220 e. The van der Waals surface area contributed by atoms with Gasteiger partial charge in [0.1, 0.15) is 0 Å². The van der Waals surface area contributed by atoms with Crippen molar-refractivity contribution >= 4 is 28.8 Å². The average molecular weight is 302 g/mol. The number of carbonyl (C=O) groups is 1. The molecule has 2 nitrogen and oxygen atoms in total. The molecule has 0 bridgehead atoms. The lowest BCUT2D eigenvalue weighted by molar-refractivity contribution is -0.121. The fourth-order valence-electron chi connectivity index (χ4n) is 1.93. The zero-order valence-electron chi connectivity index (χ0n) is 12.0. The van der Waals surface area contributed by atoms with E-state index in [2.05, 4.69) is 37.5 Å². The summed E-state index contributed by atoms with van der Waals surface area (Å²) < 4.78 is 0. The van der Waals surface area contributed by atoms with Crippen molar-refractivity contribution in [2.45, 2.75) is 51.8 Å². The van der Waals surface area contributed by atoms with E-state index in [-0.39, 0.29) is 16.7 Å². The number of aryl methyl sites for hydroxylation is 1. The van der Waals surface area contributed by atoms with Gasteiger partial charge in [-0.15, -0.1) is 22.9 Å². The molecule has 1 amide bonds. The zero-order valence-corrected chi connectivity index (χ0v) is 13.6. The van der Waals surface area contributed by atoms with Crippen molar-refractivity contribution in [1.82, 2.24) is 5.32 Å². The third kappa shape index (κ3) is 8.27. The molecule has 19 heavy (non-hydrogen) atoms. The lowest BCUT2D eigenvalue weighted by Gasteiger charge is -2.21. The van der Waals surface area contributed by atoms with Crippen LogP contribution in [0.15, 0.2) is 17.5 Å². The van der Waals surface area contributed by atoms with E-state index in [4.69, 9.17) is 11.6 Å². The van der Waals surface area contributed by atoms with Gasteiger partial charge >= 0.3 is 0 Å². The molecule has 0 spiro atoms. The summed E-state index contributed by atoms with van der Waals surface area (Å²) in [6.07, 6.45) is 3.37. The fourth-order valence-corrected chi connectivity index (χ4v) is 3.22. The standard InChI is InChI=1S/C15H24ClNOS/c1-15(2,3)10-12(16)11-17-14(18)8-4-6-13-7-5-9-19-13/h5,7,9,12H,4,6,8,10-11H2,1-3H3,(H,17,18). The van der Waals surface area contributed by atoms with Crippen LogP contribution in [0.4, 0.5) is 0 Å². The first kappa shape index (κ1) is 16.5. The first-order valence-corrected chi connectivity index (χ1v) is 8.11. The molecule has 1 aromatic rings. The molecular formula is C15H24ClNOS. The van der Waals surface area contributed by atoms with Crippen molar-refractivity contribution in [3.63, 3.8) is 0 Å². The van der Waals surface area contributed by atoms with E-state index in [9.17, 15) is 4.79 Å². The van der Waals surface area contributed by atoms with Crippen LogP contribution >= 0.6 is 22.9 Å². The highest BCUT2D eigenvalue weighted by Gasteiger charge is 2.17. The van der Waals surface area contributed by atoms with Crippen molar-refractivity contribution in [1.29, 1.82) is 0 Å². The van der Waals surface area contributed by atoms with Crippen LogP contribution in [0.3, 0.4) is 0 Å². The second kappa shape index (κ2) is 7.91. The first-order chi connectivity index (χ1) is 8.87. The van der Waals surface area contributed by atoms with Gasteiger partial charge in [0.2, 0.25) is 5.91 Å². The zero-order chi connectivity index (χ0) is 14.3. The van der Waals surface area contributed by atoms with Crippen LogP contribution in [0.1, 0.15) is 44.9 Å². The molecule has 0 aliphatic carbocycles. The molecule has 1 atom stereocenters. The molecule has 1 heterocycles. The van der Waals surface area contributed by atoms with Gasteiger partial charge in [0.15, 0.2) is 0 Å². The molecule has 0 aliphatic rings. The maximum absolute atomic E-state index is 11.7. The van der Waals surface area contributed by atoms with Gasteiger partial charge in [-0.05, 0) is 36.1 Å². The monoisotopic (exact) mass is 301 g/mol. The molecule has 108 valence electrons. The van der Waals surface area contributed by atoms with Crippen LogP contribution in [0.5, 0.6) is 0 Å². The van der Waals surface area contributed by atoms with Crippen molar-refractivity contribution in [3.8, 4) is 0 Å². The maximum atomic E-state index is 11.7. The molecule has 1 N–H and O–H groups in total. The Bertz CT molecular complexity index is 370. The predicted octanol–water partition coefficient (Wildman–Crippen LogP) is 4.23. The highest BCUT2D eigenvalue weighted by atomic mass is 35.5. The van der Waals surface area contributed by atoms with Crippen LogP contribution in [0.2, 0.25) is 0 Å². The van der Waals surface area contributed by atoms with Crippen LogP contribution in [0, 0.1) is 5.41 Å². The van der Waals surface area contributed by atoms with E-state index < -0.39 is 0 Å². The lowest BCUT2D eigenvalue weighted by atomic mass is 9.90. The highest BCUT2D eigenvalue weighted by molar-refractivity contribution is 7.09. The second-order valence-corrected chi connectivity index (χ2v) is 7.75. The molecule has 1 unspecified atom stereocenters. The predicted molar refractivity (Wildman–Crippen MR) is 84.0 cm³/mol. The van der Waals surface area contributed by atoms with Crippen LogP contribution in [-0.4, -0.2) is 17.8 Å². The molecule has 0 saturated heterocycles. The molecular weight excluding hydrogens is 278 g/mol. The summed E-state index contributed by atoms with van der Waals surface area (Å²) >= 11 is 7.96. The normalized spacial score (nSPS) is 13.3. The average Bonchev–Trinajstić information content (AvgIpc) is 2.77. The largest absolute Gasteiger partial charge is 0.355 e. The van der Waals surface area contributed by atoms with E-state index in [0.29, 0.717) is 13.0 Å². The van der Waals surface area contributed by atoms with Gasteiger partial charge in [-0.1, -0.05) is 26.8 Å². The van der Waals surface area contributed by atoms with Crippen molar-refractivity contribution in [2.75, 3.05) is 6.54 Å². The van der Waals surface area contributed by atoms with Crippen molar-refractivity contribution in [3.05, 3.63) is 22.4 Å². The lowest BCUT2D eigenvalue weighted by Crippen LogP contribution is -2.31. The summed E-state index contributed by atoms with van der Waals surface area (Å²) in [5.41, 5.74) is 0.205. The Morgan fingerprint density at radius 3 is 2.79 bits per heavy atom. The van der Waals surface area contributed by atoms with Gasteiger partial charge in [-0.2, -0.15) is 0 Å². The van der Waals surface area contributed by atoms with Crippen LogP contribution in [0.25, 0.3) is 0 Å². The smallest absolute Gasteiger partial charge is 0.220 e. The number of halogens is 1. The first-order valence-electron chi connectivity index (χ1n) is 6.80. The minimum Gasteiger partial charge on any atom is -0.355 e. The van der Waals surface area contributed by atoms with Gasteiger partial charge in [0, 0.05) is 17.8 Å². The van der Waals surface area contributed by atoms with Crippen molar-refractivity contribution in [2.24, 2.45) is 5.41 Å². The molecule has 1 rings (SSSR count).